The van der Waals surface area contributed by atoms with E-state index in [1.54, 1.807) is 36.4 Å². The lowest BCUT2D eigenvalue weighted by Gasteiger charge is -2.05. The number of thioether (sulfide) groups is 1. The summed E-state index contributed by atoms with van der Waals surface area (Å²) in [6, 6.07) is 14.2. The normalized spacial score (nSPS) is 10.6. The first-order valence-electron chi connectivity index (χ1n) is 7.38. The van der Waals surface area contributed by atoms with Crippen molar-refractivity contribution in [2.24, 2.45) is 0 Å². The van der Waals surface area contributed by atoms with E-state index in [0.717, 1.165) is 5.56 Å². The summed E-state index contributed by atoms with van der Waals surface area (Å²) in [5.74, 6) is 0.802. The van der Waals surface area contributed by atoms with Gasteiger partial charge in [-0.05, 0) is 36.4 Å². The van der Waals surface area contributed by atoms with Gasteiger partial charge < -0.3 is 9.73 Å². The molecule has 1 N–H and O–H groups in total. The topological polar surface area (TPSA) is 68.0 Å². The van der Waals surface area contributed by atoms with E-state index in [4.69, 9.17) is 27.6 Å². The van der Waals surface area contributed by atoms with Crippen LogP contribution in [0, 0.1) is 0 Å². The van der Waals surface area contributed by atoms with Crippen LogP contribution in [-0.4, -0.2) is 21.9 Å². The number of nitrogens with zero attached hydrogens (tertiary/aromatic N) is 2. The highest BCUT2D eigenvalue weighted by atomic mass is 35.5. The van der Waals surface area contributed by atoms with Gasteiger partial charge in [-0.2, -0.15) is 0 Å². The van der Waals surface area contributed by atoms with Crippen LogP contribution in [-0.2, 0) is 4.79 Å². The molecule has 8 heteroatoms. The van der Waals surface area contributed by atoms with Gasteiger partial charge in [-0.15, -0.1) is 10.2 Å². The lowest BCUT2D eigenvalue weighted by molar-refractivity contribution is -0.115. The number of nitrogens with one attached hydrogen (secondary N) is 1. The van der Waals surface area contributed by atoms with Gasteiger partial charge in [0.2, 0.25) is 11.8 Å². The highest BCUT2D eigenvalue weighted by molar-refractivity contribution is 7.99. The van der Waals surface area contributed by atoms with Crippen molar-refractivity contribution in [1.82, 2.24) is 10.2 Å². The zero-order chi connectivity index (χ0) is 17.6. The number of halogens is 2. The number of carbonyl (C=O) groups excluding carboxylic acids is 1. The minimum Gasteiger partial charge on any atom is -0.411 e. The predicted molar refractivity (Wildman–Crippen MR) is 100 cm³/mol. The molecule has 0 fully saturated rings. The van der Waals surface area contributed by atoms with Gasteiger partial charge >= 0.3 is 0 Å². The second-order valence-electron chi connectivity index (χ2n) is 5.01. The van der Waals surface area contributed by atoms with Crippen LogP contribution in [0.3, 0.4) is 0 Å². The van der Waals surface area contributed by atoms with Crippen LogP contribution < -0.4 is 5.32 Å². The maximum atomic E-state index is 12.0. The predicted octanol–water partition coefficient (Wildman–Crippen LogP) is 5.16. The van der Waals surface area contributed by atoms with Gasteiger partial charge in [0.05, 0.1) is 10.7 Å². The summed E-state index contributed by atoms with van der Waals surface area (Å²) in [6.07, 6.45) is 0.300. The molecule has 0 spiro atoms. The van der Waals surface area contributed by atoms with E-state index in [-0.39, 0.29) is 5.91 Å². The van der Waals surface area contributed by atoms with Crippen molar-refractivity contribution in [2.75, 3.05) is 11.1 Å². The molecule has 1 aromatic heterocycles. The van der Waals surface area contributed by atoms with Gasteiger partial charge in [0.1, 0.15) is 0 Å². The standard InChI is InChI=1S/C17H13Cl2N3O2S/c18-12-7-5-11(6-8-12)16-21-22-17(24-16)25-10-9-15(23)20-14-4-2-1-3-13(14)19/h1-8H,9-10H2,(H,20,23). The molecular weight excluding hydrogens is 381 g/mol. The van der Waals surface area contributed by atoms with Gasteiger partial charge in [-0.3, -0.25) is 4.79 Å². The molecule has 1 amide bonds. The highest BCUT2D eigenvalue weighted by Gasteiger charge is 2.11. The Morgan fingerprint density at radius 1 is 1.08 bits per heavy atom. The SMILES string of the molecule is O=C(CCSc1nnc(-c2ccc(Cl)cc2)o1)Nc1ccccc1Cl. The Bertz CT molecular complexity index is 868. The minimum absolute atomic E-state index is 0.127. The number of anilines is 1. The molecule has 0 saturated heterocycles. The Morgan fingerprint density at radius 3 is 2.60 bits per heavy atom. The summed E-state index contributed by atoms with van der Waals surface area (Å²) in [7, 11) is 0. The van der Waals surface area contributed by atoms with Crippen LogP contribution in [0.5, 0.6) is 0 Å². The Kier molecular flexibility index (Phi) is 5.96. The van der Waals surface area contributed by atoms with E-state index < -0.39 is 0 Å². The van der Waals surface area contributed by atoms with Crippen molar-refractivity contribution < 1.29 is 9.21 Å². The average molecular weight is 394 g/mol. The molecule has 128 valence electrons. The maximum absolute atomic E-state index is 12.0. The third kappa shape index (κ3) is 4.98. The van der Waals surface area contributed by atoms with Crippen LogP contribution in [0.4, 0.5) is 5.69 Å². The van der Waals surface area contributed by atoms with Crippen LogP contribution in [0.15, 0.2) is 58.2 Å². The Labute approximate surface area is 158 Å². The van der Waals surface area contributed by atoms with Crippen LogP contribution in [0.25, 0.3) is 11.5 Å². The molecule has 0 unspecified atom stereocenters. The third-order valence-corrected chi connectivity index (χ3v) is 4.60. The molecule has 3 rings (SSSR count). The fraction of sp³-hybridized carbons (Fsp3) is 0.118. The first kappa shape index (κ1) is 17.8. The van der Waals surface area contributed by atoms with Crippen molar-refractivity contribution in [2.45, 2.75) is 11.6 Å². The zero-order valence-corrected chi connectivity index (χ0v) is 15.2. The summed E-state index contributed by atoms with van der Waals surface area (Å²) in [4.78, 5) is 12.0. The van der Waals surface area contributed by atoms with E-state index >= 15 is 0 Å². The zero-order valence-electron chi connectivity index (χ0n) is 12.9. The Hall–Kier alpha value is -2.02. The molecular formula is C17H13Cl2N3O2S. The molecule has 0 atom stereocenters. The lowest BCUT2D eigenvalue weighted by atomic mass is 10.2. The van der Waals surface area contributed by atoms with E-state index in [2.05, 4.69) is 15.5 Å². The molecule has 0 aliphatic rings. The summed E-state index contributed by atoms with van der Waals surface area (Å²) in [5, 5.41) is 12.3. The van der Waals surface area contributed by atoms with Gasteiger partial charge in [0, 0.05) is 22.8 Å². The van der Waals surface area contributed by atoms with Crippen molar-refractivity contribution in [3.8, 4) is 11.5 Å². The van der Waals surface area contributed by atoms with Crippen molar-refractivity contribution in [1.29, 1.82) is 0 Å². The number of aromatic nitrogens is 2. The molecule has 2 aromatic carbocycles. The monoisotopic (exact) mass is 393 g/mol. The molecule has 0 saturated carbocycles. The third-order valence-electron chi connectivity index (χ3n) is 3.20. The number of amides is 1. The van der Waals surface area contributed by atoms with Crippen LogP contribution >= 0.6 is 35.0 Å². The summed E-state index contributed by atoms with van der Waals surface area (Å²) >= 11 is 13.2. The number of benzene rings is 2. The molecule has 5 nitrogen and oxygen atoms in total. The number of rotatable bonds is 6. The van der Waals surface area contributed by atoms with Gasteiger partial charge in [0.15, 0.2) is 0 Å². The van der Waals surface area contributed by atoms with Crippen molar-refractivity contribution in [3.05, 3.63) is 58.6 Å². The fourth-order valence-electron chi connectivity index (χ4n) is 1.98. The quantitative estimate of drug-likeness (QED) is 0.585. The second-order valence-corrected chi connectivity index (χ2v) is 6.90. The van der Waals surface area contributed by atoms with Gasteiger partial charge in [-0.1, -0.05) is 47.1 Å². The number of hydrogen-bond acceptors (Lipinski definition) is 5. The van der Waals surface area contributed by atoms with Crippen molar-refractivity contribution in [3.63, 3.8) is 0 Å². The van der Waals surface area contributed by atoms with Gasteiger partial charge in [-0.25, -0.2) is 0 Å². The van der Waals surface area contributed by atoms with E-state index in [0.29, 0.717) is 39.0 Å². The Balaban J connectivity index is 1.50. The molecule has 0 radical (unpaired) electrons. The summed E-state index contributed by atoms with van der Waals surface area (Å²) < 4.78 is 5.57. The van der Waals surface area contributed by atoms with Crippen molar-refractivity contribution >= 4 is 46.6 Å². The van der Waals surface area contributed by atoms with E-state index in [1.165, 1.54) is 11.8 Å². The number of para-hydroxylation sites is 1. The molecule has 0 aliphatic carbocycles. The van der Waals surface area contributed by atoms with Crippen LogP contribution in [0.2, 0.25) is 10.0 Å². The Morgan fingerprint density at radius 2 is 1.84 bits per heavy atom. The first-order chi connectivity index (χ1) is 12.1. The van der Waals surface area contributed by atoms with Crippen LogP contribution in [0.1, 0.15) is 6.42 Å². The maximum Gasteiger partial charge on any atom is 0.276 e. The lowest BCUT2D eigenvalue weighted by Crippen LogP contribution is -2.12. The minimum atomic E-state index is -0.127. The first-order valence-corrected chi connectivity index (χ1v) is 9.12. The summed E-state index contributed by atoms with van der Waals surface area (Å²) in [5.41, 5.74) is 1.39. The fourth-order valence-corrected chi connectivity index (χ4v) is 2.99. The largest absolute Gasteiger partial charge is 0.411 e. The average Bonchev–Trinajstić information content (AvgIpc) is 3.06. The molecule has 25 heavy (non-hydrogen) atoms. The van der Waals surface area contributed by atoms with E-state index in [9.17, 15) is 4.79 Å². The molecule has 0 aliphatic heterocycles. The molecule has 3 aromatic rings. The number of carbonyl (C=O) groups is 1. The number of hydrogen-bond donors (Lipinski definition) is 1. The second kappa shape index (κ2) is 8.38. The smallest absolute Gasteiger partial charge is 0.276 e. The summed E-state index contributed by atoms with van der Waals surface area (Å²) in [6.45, 7) is 0. The van der Waals surface area contributed by atoms with Gasteiger partial charge in [0.25, 0.3) is 5.22 Å². The molecule has 1 heterocycles. The molecule has 0 bridgehead atoms. The highest BCUT2D eigenvalue weighted by Crippen LogP contribution is 2.25. The van der Waals surface area contributed by atoms with E-state index in [1.807, 2.05) is 12.1 Å².